The number of nitrogens with zero attached hydrogens (tertiary/aromatic N) is 2. The summed E-state index contributed by atoms with van der Waals surface area (Å²) < 4.78 is 72.0. The van der Waals surface area contributed by atoms with E-state index in [2.05, 4.69) is 25.9 Å². The van der Waals surface area contributed by atoms with Crippen molar-refractivity contribution in [3.63, 3.8) is 0 Å². The molecule has 0 saturated carbocycles. The highest BCUT2D eigenvalue weighted by atomic mass is 31.2. The van der Waals surface area contributed by atoms with E-state index in [0.29, 0.717) is 37.0 Å². The van der Waals surface area contributed by atoms with Crippen molar-refractivity contribution < 1.29 is 36.1 Å². The minimum absolute atomic E-state index is 0.0727. The van der Waals surface area contributed by atoms with E-state index < -0.39 is 37.7 Å². The topological polar surface area (TPSA) is 107 Å². The Balaban J connectivity index is 1.95. The largest absolute Gasteiger partial charge is 0.495 e. The van der Waals surface area contributed by atoms with Gasteiger partial charge in [0.15, 0.2) is 8.38 Å². The van der Waals surface area contributed by atoms with Gasteiger partial charge in [0.1, 0.15) is 22.9 Å². The molecule has 0 bridgehead atoms. The van der Waals surface area contributed by atoms with E-state index in [1.165, 1.54) is 14.2 Å². The Morgan fingerprint density at radius 2 is 1.74 bits per heavy atom. The Morgan fingerprint density at radius 3 is 2.36 bits per heavy atom. The first kappa shape index (κ1) is 30.0. The van der Waals surface area contributed by atoms with Crippen LogP contribution in [0.15, 0.2) is 42.6 Å². The summed E-state index contributed by atoms with van der Waals surface area (Å²) >= 11 is 0. The van der Waals surface area contributed by atoms with Crippen LogP contribution in [0.2, 0.25) is 0 Å². The molecule has 0 saturated heterocycles. The number of amides is 1. The van der Waals surface area contributed by atoms with Crippen molar-refractivity contribution in [3.05, 3.63) is 65.1 Å². The number of carbonyl (C=O) groups is 1. The van der Waals surface area contributed by atoms with Crippen LogP contribution >= 0.6 is 8.38 Å². The number of alkyl halides is 3. The van der Waals surface area contributed by atoms with Crippen LogP contribution in [-0.4, -0.2) is 43.2 Å². The maximum Gasteiger partial charge on any atom is 0.421 e. The molecule has 0 aliphatic rings. The van der Waals surface area contributed by atoms with Gasteiger partial charge in [-0.15, -0.1) is 0 Å². The van der Waals surface area contributed by atoms with Gasteiger partial charge in [-0.2, -0.15) is 18.2 Å². The van der Waals surface area contributed by atoms with Crippen LogP contribution in [0, 0.1) is 5.82 Å². The second-order valence-electron chi connectivity index (χ2n) is 7.83. The maximum absolute atomic E-state index is 13.9. The zero-order chi connectivity index (χ0) is 28.6. The molecule has 1 aromatic heterocycles. The number of carbonyl (C=O) groups excluding carboxylic acids is 1. The summed E-state index contributed by atoms with van der Waals surface area (Å²) in [4.78, 5) is 20.0. The van der Waals surface area contributed by atoms with E-state index in [9.17, 15) is 22.4 Å². The van der Waals surface area contributed by atoms with E-state index >= 15 is 0 Å². The van der Waals surface area contributed by atoms with Gasteiger partial charge in [-0.25, -0.2) is 9.37 Å². The molecule has 3 N–H and O–H groups in total. The molecule has 0 unspecified atom stereocenters. The standard InChI is InChI=1S/C25H28F4N5O4P/c1-5-37-39(38-6-2)14-15-7-10-19(21(11-15)36-4)33-24-31-13-18(25(27,28)29)22(34-24)32-20-12-16(26)8-9-17(20)23(35)30-3/h7-13H,5-6,14H2,1-4H3,(H,30,35)(H2,31,32,33,34). The summed E-state index contributed by atoms with van der Waals surface area (Å²) in [5.74, 6) is -1.86. The monoisotopic (exact) mass is 569 g/mol. The summed E-state index contributed by atoms with van der Waals surface area (Å²) in [6.45, 7) is 4.76. The van der Waals surface area contributed by atoms with Crippen LogP contribution < -0.4 is 20.7 Å². The normalized spacial score (nSPS) is 11.4. The molecular formula is C25H28F4N5O4P. The van der Waals surface area contributed by atoms with E-state index in [4.69, 9.17) is 13.8 Å². The van der Waals surface area contributed by atoms with Crippen molar-refractivity contribution in [2.75, 3.05) is 38.0 Å². The lowest BCUT2D eigenvalue weighted by atomic mass is 10.1. The van der Waals surface area contributed by atoms with Crippen molar-refractivity contribution in [3.8, 4) is 5.75 Å². The third kappa shape index (κ3) is 7.98. The SMILES string of the molecule is CCOP(Cc1ccc(Nc2ncc(C(F)(F)F)c(Nc3cc(F)ccc3C(=O)NC)n2)c(OC)c1)OCC. The van der Waals surface area contributed by atoms with E-state index in [0.717, 1.165) is 23.8 Å². The Bertz CT molecular complexity index is 1290. The molecule has 9 nitrogen and oxygen atoms in total. The summed E-state index contributed by atoms with van der Waals surface area (Å²) in [5, 5.41) is 7.66. The fourth-order valence-corrected chi connectivity index (χ4v) is 4.78. The highest BCUT2D eigenvalue weighted by Crippen LogP contribution is 2.43. The van der Waals surface area contributed by atoms with Gasteiger partial charge in [0.05, 0.1) is 37.3 Å². The Hall–Kier alpha value is -3.54. The number of hydrogen-bond acceptors (Lipinski definition) is 8. The number of rotatable bonds is 12. The number of aromatic nitrogens is 2. The second-order valence-corrected chi connectivity index (χ2v) is 9.33. The number of anilines is 4. The zero-order valence-corrected chi connectivity index (χ0v) is 22.5. The number of methoxy groups -OCH3 is 1. The summed E-state index contributed by atoms with van der Waals surface area (Å²) in [6.07, 6.45) is -3.73. The van der Waals surface area contributed by atoms with Crippen LogP contribution in [0.3, 0.4) is 0 Å². The van der Waals surface area contributed by atoms with Crippen LogP contribution in [0.4, 0.5) is 40.7 Å². The summed E-state index contributed by atoms with van der Waals surface area (Å²) in [5.41, 5.74) is -0.222. The molecule has 1 amide bonds. The van der Waals surface area contributed by atoms with E-state index in [1.54, 1.807) is 18.2 Å². The lowest BCUT2D eigenvalue weighted by Crippen LogP contribution is -2.20. The first-order valence-corrected chi connectivity index (χ1v) is 13.2. The number of hydrogen-bond donors (Lipinski definition) is 3. The Morgan fingerprint density at radius 1 is 1.03 bits per heavy atom. The minimum atomic E-state index is -4.83. The molecule has 0 fully saturated rings. The molecule has 210 valence electrons. The molecule has 0 atom stereocenters. The van der Waals surface area contributed by atoms with Gasteiger partial charge in [0.2, 0.25) is 5.95 Å². The van der Waals surface area contributed by atoms with Gasteiger partial charge in [-0.05, 0) is 49.7 Å². The van der Waals surface area contributed by atoms with E-state index in [-0.39, 0.29) is 17.2 Å². The van der Waals surface area contributed by atoms with Crippen molar-refractivity contribution in [1.29, 1.82) is 0 Å². The third-order valence-corrected chi connectivity index (χ3v) is 6.89. The predicted molar refractivity (Wildman–Crippen MR) is 140 cm³/mol. The van der Waals surface area contributed by atoms with Crippen molar-refractivity contribution in [2.24, 2.45) is 0 Å². The highest BCUT2D eigenvalue weighted by molar-refractivity contribution is 7.46. The first-order valence-electron chi connectivity index (χ1n) is 11.8. The van der Waals surface area contributed by atoms with Crippen LogP contribution in [0.5, 0.6) is 5.75 Å². The lowest BCUT2D eigenvalue weighted by Gasteiger charge is -2.18. The lowest BCUT2D eigenvalue weighted by molar-refractivity contribution is -0.137. The van der Waals surface area contributed by atoms with Crippen molar-refractivity contribution >= 4 is 37.4 Å². The van der Waals surface area contributed by atoms with Crippen molar-refractivity contribution in [1.82, 2.24) is 15.3 Å². The Kier molecular flexibility index (Phi) is 10.4. The van der Waals surface area contributed by atoms with Crippen LogP contribution in [0.25, 0.3) is 0 Å². The Labute approximate surface area is 224 Å². The van der Waals surface area contributed by atoms with Crippen LogP contribution in [0.1, 0.15) is 35.3 Å². The average Bonchev–Trinajstić information content (AvgIpc) is 2.89. The molecule has 2 aromatic carbocycles. The first-order chi connectivity index (χ1) is 18.6. The molecule has 0 aliphatic carbocycles. The molecule has 1 heterocycles. The van der Waals surface area contributed by atoms with Gasteiger partial charge < -0.3 is 29.7 Å². The molecular weight excluding hydrogens is 541 g/mol. The minimum Gasteiger partial charge on any atom is -0.495 e. The number of nitrogens with one attached hydrogen (secondary N) is 3. The number of benzene rings is 2. The summed E-state index contributed by atoms with van der Waals surface area (Å²) in [6, 6.07) is 8.30. The van der Waals surface area contributed by atoms with Gasteiger partial charge >= 0.3 is 6.18 Å². The van der Waals surface area contributed by atoms with E-state index in [1.807, 2.05) is 13.8 Å². The molecule has 0 spiro atoms. The number of ether oxygens (including phenoxy) is 1. The molecule has 0 aliphatic heterocycles. The quantitative estimate of drug-likeness (QED) is 0.171. The maximum atomic E-state index is 13.9. The fraction of sp³-hybridized carbons (Fsp3) is 0.320. The smallest absolute Gasteiger partial charge is 0.421 e. The van der Waals surface area contributed by atoms with Gasteiger partial charge in [0.25, 0.3) is 5.91 Å². The highest BCUT2D eigenvalue weighted by Gasteiger charge is 2.35. The second kappa shape index (κ2) is 13.5. The van der Waals surface area contributed by atoms with Crippen LogP contribution in [-0.2, 0) is 21.4 Å². The third-order valence-electron chi connectivity index (χ3n) is 5.17. The van der Waals surface area contributed by atoms with Gasteiger partial charge in [-0.3, -0.25) is 4.79 Å². The zero-order valence-electron chi connectivity index (χ0n) is 21.6. The summed E-state index contributed by atoms with van der Waals surface area (Å²) in [7, 11) is 1.65. The molecule has 3 rings (SSSR count). The van der Waals surface area contributed by atoms with Gasteiger partial charge in [0, 0.05) is 19.4 Å². The fourth-order valence-electron chi connectivity index (χ4n) is 3.45. The number of halogens is 4. The molecule has 0 radical (unpaired) electrons. The van der Waals surface area contributed by atoms with Gasteiger partial charge in [-0.1, -0.05) is 6.07 Å². The molecule has 3 aromatic rings. The average molecular weight is 569 g/mol. The van der Waals surface area contributed by atoms with Crippen molar-refractivity contribution in [2.45, 2.75) is 26.2 Å². The predicted octanol–water partition coefficient (Wildman–Crippen LogP) is 6.37. The molecule has 14 heteroatoms. The molecule has 39 heavy (non-hydrogen) atoms.